The number of aryl methyl sites for hydroxylation is 1. The number of esters is 1. The molecule has 0 amide bonds. The predicted molar refractivity (Wildman–Crippen MR) is 64.1 cm³/mol. The summed E-state index contributed by atoms with van der Waals surface area (Å²) in [5.41, 5.74) is 0.562. The van der Waals surface area contributed by atoms with Crippen LogP contribution in [-0.4, -0.2) is 32.8 Å². The van der Waals surface area contributed by atoms with Gasteiger partial charge in [0.1, 0.15) is 0 Å². The first-order chi connectivity index (χ1) is 9.02. The zero-order chi connectivity index (χ0) is 14.0. The average Bonchev–Trinajstić information content (AvgIpc) is 2.83. The van der Waals surface area contributed by atoms with E-state index >= 15 is 0 Å². The van der Waals surface area contributed by atoms with Gasteiger partial charge >= 0.3 is 11.7 Å². The van der Waals surface area contributed by atoms with Gasteiger partial charge in [0.15, 0.2) is 5.69 Å². The van der Waals surface area contributed by atoms with Gasteiger partial charge in [-0.15, -0.1) is 0 Å². The van der Waals surface area contributed by atoms with Crippen LogP contribution in [0.5, 0.6) is 0 Å². The fourth-order valence-corrected chi connectivity index (χ4v) is 1.50. The van der Waals surface area contributed by atoms with Gasteiger partial charge in [-0.25, -0.2) is 14.5 Å². The number of hydrogen-bond donors (Lipinski definition) is 0. The van der Waals surface area contributed by atoms with Crippen LogP contribution in [0.25, 0.3) is 5.82 Å². The lowest BCUT2D eigenvalue weighted by Gasteiger charge is -2.04. The first-order valence-electron chi connectivity index (χ1n) is 5.28. The van der Waals surface area contributed by atoms with E-state index in [-0.39, 0.29) is 17.2 Å². The second kappa shape index (κ2) is 4.84. The van der Waals surface area contributed by atoms with Crippen LogP contribution in [-0.2, 0) is 4.74 Å². The number of ether oxygens (including phenoxy) is 1. The van der Waals surface area contributed by atoms with Gasteiger partial charge in [-0.1, -0.05) is 0 Å². The van der Waals surface area contributed by atoms with Gasteiger partial charge in [0, 0.05) is 12.3 Å². The third kappa shape index (κ3) is 2.41. The summed E-state index contributed by atoms with van der Waals surface area (Å²) < 4.78 is 5.78. The van der Waals surface area contributed by atoms with Gasteiger partial charge in [-0.2, -0.15) is 5.10 Å². The number of aromatic nitrogens is 3. The molecule has 0 radical (unpaired) electrons. The largest absolute Gasteiger partial charge is 0.464 e. The molecule has 2 heterocycles. The van der Waals surface area contributed by atoms with Crippen LogP contribution in [0.4, 0.5) is 5.69 Å². The Balaban J connectivity index is 2.60. The topological polar surface area (TPSA) is 100 Å². The summed E-state index contributed by atoms with van der Waals surface area (Å²) in [6.07, 6.45) is 3.12. The molecule has 2 rings (SSSR count). The van der Waals surface area contributed by atoms with Crippen molar-refractivity contribution in [2.45, 2.75) is 6.92 Å². The minimum Gasteiger partial charge on any atom is -0.464 e. The lowest BCUT2D eigenvalue weighted by atomic mass is 10.3. The number of methoxy groups -OCH3 is 1. The number of hydrogen-bond acceptors (Lipinski definition) is 6. The van der Waals surface area contributed by atoms with Crippen molar-refractivity contribution in [3.05, 3.63) is 45.9 Å². The molecular weight excluding hydrogens is 252 g/mol. The van der Waals surface area contributed by atoms with Crippen molar-refractivity contribution in [3.63, 3.8) is 0 Å². The van der Waals surface area contributed by atoms with Gasteiger partial charge in [-0.05, 0) is 18.6 Å². The fourth-order valence-electron chi connectivity index (χ4n) is 1.50. The molecule has 0 spiro atoms. The number of rotatable bonds is 3. The van der Waals surface area contributed by atoms with E-state index in [0.29, 0.717) is 0 Å². The summed E-state index contributed by atoms with van der Waals surface area (Å²) in [4.78, 5) is 25.7. The number of pyridine rings is 1. The Bertz CT molecular complexity index is 650. The summed E-state index contributed by atoms with van der Waals surface area (Å²) in [5.74, 6) is -0.693. The summed E-state index contributed by atoms with van der Waals surface area (Å²) in [6.45, 7) is 1.79. The maximum atomic E-state index is 11.4. The normalized spacial score (nSPS) is 10.2. The van der Waals surface area contributed by atoms with Gasteiger partial charge in [0.05, 0.1) is 18.2 Å². The van der Waals surface area contributed by atoms with E-state index in [0.717, 1.165) is 5.56 Å². The highest BCUT2D eigenvalue weighted by Gasteiger charge is 2.21. The minimum absolute atomic E-state index is 0.0174. The molecule has 2 aromatic heterocycles. The maximum absolute atomic E-state index is 11.4. The highest BCUT2D eigenvalue weighted by molar-refractivity contribution is 5.87. The number of carbonyl (C=O) groups excluding carboxylic acids is 1. The quantitative estimate of drug-likeness (QED) is 0.469. The molecule has 0 N–H and O–H groups in total. The third-order valence-corrected chi connectivity index (χ3v) is 2.37. The number of nitro groups is 1. The van der Waals surface area contributed by atoms with Crippen LogP contribution in [0.15, 0.2) is 24.5 Å². The van der Waals surface area contributed by atoms with Crippen LogP contribution in [0.2, 0.25) is 0 Å². The molecule has 2 aromatic rings. The molecule has 0 saturated carbocycles. The van der Waals surface area contributed by atoms with Crippen LogP contribution >= 0.6 is 0 Å². The van der Waals surface area contributed by atoms with Crippen molar-refractivity contribution in [1.82, 2.24) is 14.8 Å². The third-order valence-electron chi connectivity index (χ3n) is 2.37. The van der Waals surface area contributed by atoms with Crippen LogP contribution in [0, 0.1) is 17.0 Å². The Labute approximate surface area is 107 Å². The first-order valence-corrected chi connectivity index (χ1v) is 5.28. The van der Waals surface area contributed by atoms with Crippen molar-refractivity contribution in [1.29, 1.82) is 0 Å². The Morgan fingerprint density at radius 3 is 2.74 bits per heavy atom. The molecule has 19 heavy (non-hydrogen) atoms. The van der Waals surface area contributed by atoms with E-state index < -0.39 is 10.9 Å². The van der Waals surface area contributed by atoms with Crippen LogP contribution < -0.4 is 0 Å². The first kappa shape index (κ1) is 12.7. The molecule has 0 aliphatic heterocycles. The predicted octanol–water partition coefficient (Wildman–Crippen LogP) is 1.27. The molecule has 8 heteroatoms. The SMILES string of the molecule is COC(=O)c1ccc([N+](=O)[O-])c(-n2cc(C)cn2)n1. The van der Waals surface area contributed by atoms with Crippen LogP contribution in [0.3, 0.4) is 0 Å². The minimum atomic E-state index is -0.667. The van der Waals surface area contributed by atoms with E-state index in [1.807, 2.05) is 0 Å². The van der Waals surface area contributed by atoms with Crippen molar-refractivity contribution < 1.29 is 14.5 Å². The summed E-state index contributed by atoms with van der Waals surface area (Å²) in [7, 11) is 1.21. The molecule has 0 aliphatic rings. The molecule has 8 nitrogen and oxygen atoms in total. The fraction of sp³-hybridized carbons (Fsp3) is 0.182. The van der Waals surface area contributed by atoms with E-state index in [1.165, 1.54) is 30.1 Å². The molecule has 98 valence electrons. The second-order valence-corrected chi connectivity index (χ2v) is 3.75. The molecule has 0 fully saturated rings. The zero-order valence-electron chi connectivity index (χ0n) is 10.2. The molecule has 0 unspecified atom stereocenters. The van der Waals surface area contributed by atoms with Crippen molar-refractivity contribution >= 4 is 11.7 Å². The molecule has 0 saturated heterocycles. The molecule has 0 aliphatic carbocycles. The Hall–Kier alpha value is -2.77. The summed E-state index contributed by atoms with van der Waals surface area (Å²) in [5, 5.41) is 14.9. The smallest absolute Gasteiger partial charge is 0.356 e. The van der Waals surface area contributed by atoms with Gasteiger partial charge in [-0.3, -0.25) is 10.1 Å². The summed E-state index contributed by atoms with van der Waals surface area (Å²) >= 11 is 0. The van der Waals surface area contributed by atoms with Crippen molar-refractivity contribution in [2.24, 2.45) is 0 Å². The highest BCUT2D eigenvalue weighted by Crippen LogP contribution is 2.21. The number of carbonyl (C=O) groups is 1. The van der Waals surface area contributed by atoms with Crippen molar-refractivity contribution in [3.8, 4) is 5.82 Å². The molecule has 0 bridgehead atoms. The standard InChI is InChI=1S/C11H10N4O4/c1-7-5-12-14(6-7)10-9(15(17)18)4-3-8(13-10)11(16)19-2/h3-6H,1-2H3. The molecule has 0 atom stereocenters. The van der Waals surface area contributed by atoms with E-state index in [9.17, 15) is 14.9 Å². The average molecular weight is 262 g/mol. The van der Waals surface area contributed by atoms with E-state index in [4.69, 9.17) is 0 Å². The Morgan fingerprint density at radius 1 is 1.47 bits per heavy atom. The van der Waals surface area contributed by atoms with Crippen LogP contribution in [0.1, 0.15) is 16.1 Å². The lowest BCUT2D eigenvalue weighted by Crippen LogP contribution is -2.10. The van der Waals surface area contributed by atoms with Crippen molar-refractivity contribution in [2.75, 3.05) is 7.11 Å². The summed E-state index contributed by atoms with van der Waals surface area (Å²) in [6, 6.07) is 2.44. The maximum Gasteiger partial charge on any atom is 0.356 e. The number of nitrogens with zero attached hydrogens (tertiary/aromatic N) is 4. The van der Waals surface area contributed by atoms with E-state index in [1.54, 1.807) is 13.1 Å². The Kier molecular flexibility index (Phi) is 3.23. The highest BCUT2D eigenvalue weighted by atomic mass is 16.6. The second-order valence-electron chi connectivity index (χ2n) is 3.75. The zero-order valence-corrected chi connectivity index (χ0v) is 10.2. The lowest BCUT2D eigenvalue weighted by molar-refractivity contribution is -0.384. The molecule has 0 aromatic carbocycles. The monoisotopic (exact) mass is 262 g/mol. The van der Waals surface area contributed by atoms with E-state index in [2.05, 4.69) is 14.8 Å². The van der Waals surface area contributed by atoms with Gasteiger partial charge < -0.3 is 4.74 Å². The van der Waals surface area contributed by atoms with Gasteiger partial charge in [0.25, 0.3) is 0 Å². The van der Waals surface area contributed by atoms with Gasteiger partial charge in [0.2, 0.25) is 5.82 Å². The Morgan fingerprint density at radius 2 is 2.21 bits per heavy atom. The molecular formula is C11H10N4O4.